The summed E-state index contributed by atoms with van der Waals surface area (Å²) in [6.45, 7) is 0. The van der Waals surface area contributed by atoms with Gasteiger partial charge in [0.05, 0.1) is 17.1 Å². The summed E-state index contributed by atoms with van der Waals surface area (Å²) in [6, 6.07) is 6.53. The van der Waals surface area contributed by atoms with Crippen LogP contribution >= 0.6 is 15.9 Å². The molecule has 0 radical (unpaired) electrons. The van der Waals surface area contributed by atoms with E-state index in [2.05, 4.69) is 30.9 Å². The summed E-state index contributed by atoms with van der Waals surface area (Å²) in [6.07, 6.45) is 2.26. The number of carboxylic acid groups (broad SMARTS) is 1. The Balaban J connectivity index is 1.44. The van der Waals surface area contributed by atoms with Crippen LogP contribution in [0.2, 0.25) is 0 Å². The second-order valence-corrected chi connectivity index (χ2v) is 10.2. The fraction of sp³-hybridized carbons (Fsp3) is 0.400. The molecule has 2 saturated carbocycles. The second kappa shape index (κ2) is 9.10. The Labute approximate surface area is 212 Å². The van der Waals surface area contributed by atoms with E-state index in [0.29, 0.717) is 24.1 Å². The normalized spacial score (nSPS) is 21.6. The van der Waals surface area contributed by atoms with Crippen molar-refractivity contribution in [2.45, 2.75) is 55.6 Å². The van der Waals surface area contributed by atoms with Crippen molar-refractivity contribution in [2.75, 3.05) is 0 Å². The van der Waals surface area contributed by atoms with E-state index in [1.165, 1.54) is 30.6 Å². The molecule has 0 amide bonds. The molecule has 2 heterocycles. The number of carbonyl (C=O) groups is 2. The van der Waals surface area contributed by atoms with Gasteiger partial charge in [-0.1, -0.05) is 47.3 Å². The van der Waals surface area contributed by atoms with Crippen LogP contribution in [0.1, 0.15) is 43.5 Å². The molecule has 1 spiro atoms. The standard InChI is InChI=1S/C25H22BrF3N4O3/c26-19-20(24(21(19)34)9-2-1-3-10-24)31-16(22(35)36)12-14-4-6-15(7-5-14)33-18-8-11-30-13-17(18)32-23(33)25(27,28)29/h4-8,11,13,16,19H,1-3,9-10,12H2,(H,35,36)/t16-,19?/m0/s1. The Morgan fingerprint density at radius 3 is 2.53 bits per heavy atom. The first-order chi connectivity index (χ1) is 17.1. The molecule has 2 atom stereocenters. The number of benzene rings is 1. The Morgan fingerprint density at radius 2 is 1.89 bits per heavy atom. The maximum Gasteiger partial charge on any atom is 0.450 e. The van der Waals surface area contributed by atoms with Crippen molar-refractivity contribution >= 4 is 44.4 Å². The molecule has 1 aromatic carbocycles. The number of hydrogen-bond acceptors (Lipinski definition) is 5. The van der Waals surface area contributed by atoms with Gasteiger partial charge >= 0.3 is 12.1 Å². The molecule has 188 valence electrons. The molecule has 7 nitrogen and oxygen atoms in total. The van der Waals surface area contributed by atoms with Crippen molar-refractivity contribution in [3.05, 3.63) is 54.1 Å². The van der Waals surface area contributed by atoms with Gasteiger partial charge in [0.1, 0.15) is 10.3 Å². The van der Waals surface area contributed by atoms with Crippen molar-refractivity contribution in [2.24, 2.45) is 10.4 Å². The number of fused-ring (bicyclic) bond motifs is 1. The average molecular weight is 563 g/mol. The number of Topliss-reactive ketones (excluding diaryl/α,β-unsaturated/α-hetero) is 1. The van der Waals surface area contributed by atoms with E-state index in [0.717, 1.165) is 23.8 Å². The number of ketones is 1. The number of aliphatic imine (C=N–C) groups is 1. The van der Waals surface area contributed by atoms with E-state index in [-0.39, 0.29) is 28.9 Å². The summed E-state index contributed by atoms with van der Waals surface area (Å²) in [5.74, 6) is -2.12. The molecule has 3 aromatic rings. The van der Waals surface area contributed by atoms with Crippen LogP contribution < -0.4 is 0 Å². The highest BCUT2D eigenvalue weighted by atomic mass is 79.9. The molecule has 0 bridgehead atoms. The summed E-state index contributed by atoms with van der Waals surface area (Å²) in [5.41, 5.74) is 1.16. The largest absolute Gasteiger partial charge is 0.480 e. The third-order valence-corrected chi connectivity index (χ3v) is 7.90. The van der Waals surface area contributed by atoms with Crippen LogP contribution in [0, 0.1) is 5.41 Å². The van der Waals surface area contributed by atoms with Crippen molar-refractivity contribution in [3.63, 3.8) is 0 Å². The van der Waals surface area contributed by atoms with Gasteiger partial charge in [0, 0.05) is 24.0 Å². The van der Waals surface area contributed by atoms with E-state index >= 15 is 0 Å². The molecule has 2 aliphatic carbocycles. The molecule has 5 rings (SSSR count). The van der Waals surface area contributed by atoms with Gasteiger partial charge in [-0.2, -0.15) is 13.2 Å². The quantitative estimate of drug-likeness (QED) is 0.432. The van der Waals surface area contributed by atoms with Gasteiger partial charge in [-0.3, -0.25) is 19.3 Å². The topological polar surface area (TPSA) is 97.4 Å². The van der Waals surface area contributed by atoms with Gasteiger partial charge < -0.3 is 5.11 Å². The summed E-state index contributed by atoms with van der Waals surface area (Å²) in [7, 11) is 0. The Hall–Kier alpha value is -3.08. The number of imidazole rings is 1. The zero-order valence-electron chi connectivity index (χ0n) is 19.0. The van der Waals surface area contributed by atoms with Crippen molar-refractivity contribution in [3.8, 4) is 5.69 Å². The lowest BCUT2D eigenvalue weighted by Gasteiger charge is -2.47. The van der Waals surface area contributed by atoms with Gasteiger partial charge in [-0.15, -0.1) is 0 Å². The lowest BCUT2D eigenvalue weighted by Crippen LogP contribution is -2.61. The maximum absolute atomic E-state index is 13.7. The zero-order chi connectivity index (χ0) is 25.7. The number of carboxylic acids is 1. The van der Waals surface area contributed by atoms with Crippen molar-refractivity contribution < 1.29 is 27.9 Å². The van der Waals surface area contributed by atoms with Crippen LogP contribution in [0.15, 0.2) is 47.7 Å². The highest BCUT2D eigenvalue weighted by molar-refractivity contribution is 9.10. The minimum Gasteiger partial charge on any atom is -0.480 e. The molecule has 36 heavy (non-hydrogen) atoms. The summed E-state index contributed by atoms with van der Waals surface area (Å²) >= 11 is 3.36. The monoisotopic (exact) mass is 562 g/mol. The average Bonchev–Trinajstić information content (AvgIpc) is 3.27. The highest BCUT2D eigenvalue weighted by Gasteiger charge is 2.58. The first kappa shape index (κ1) is 24.6. The lowest BCUT2D eigenvalue weighted by atomic mass is 9.58. The summed E-state index contributed by atoms with van der Waals surface area (Å²) in [4.78, 5) is 36.2. The number of alkyl halides is 4. The van der Waals surface area contributed by atoms with E-state index in [9.17, 15) is 27.9 Å². The molecule has 1 unspecified atom stereocenters. The Morgan fingerprint density at radius 1 is 1.19 bits per heavy atom. The molecular weight excluding hydrogens is 541 g/mol. The number of pyridine rings is 1. The first-order valence-corrected chi connectivity index (χ1v) is 12.5. The fourth-order valence-corrected chi connectivity index (χ4v) is 6.24. The molecule has 2 aromatic heterocycles. The van der Waals surface area contributed by atoms with Gasteiger partial charge in [0.2, 0.25) is 5.82 Å². The van der Waals surface area contributed by atoms with Crippen LogP contribution in [-0.2, 0) is 22.2 Å². The summed E-state index contributed by atoms with van der Waals surface area (Å²) < 4.78 is 42.0. The molecule has 2 fully saturated rings. The maximum atomic E-state index is 13.7. The smallest absolute Gasteiger partial charge is 0.450 e. The fourth-order valence-electron chi connectivity index (χ4n) is 5.25. The Kier molecular flexibility index (Phi) is 6.22. The van der Waals surface area contributed by atoms with E-state index in [1.54, 1.807) is 12.1 Å². The number of aliphatic carboxylic acids is 1. The molecule has 1 N–H and O–H groups in total. The van der Waals surface area contributed by atoms with Crippen LogP contribution in [0.25, 0.3) is 16.7 Å². The molecule has 0 aliphatic heterocycles. The van der Waals surface area contributed by atoms with E-state index < -0.39 is 34.3 Å². The predicted molar refractivity (Wildman–Crippen MR) is 130 cm³/mol. The predicted octanol–water partition coefficient (Wildman–Crippen LogP) is 5.17. The van der Waals surface area contributed by atoms with Crippen molar-refractivity contribution in [1.29, 1.82) is 0 Å². The molecule has 0 saturated heterocycles. The number of nitrogens with zero attached hydrogens (tertiary/aromatic N) is 4. The van der Waals surface area contributed by atoms with Crippen molar-refractivity contribution in [1.82, 2.24) is 14.5 Å². The number of rotatable bonds is 5. The molecular formula is C25H22BrF3N4O3. The van der Waals surface area contributed by atoms with Crippen LogP contribution in [-0.4, -0.2) is 48.0 Å². The van der Waals surface area contributed by atoms with Gasteiger partial charge in [0.25, 0.3) is 0 Å². The van der Waals surface area contributed by atoms with Gasteiger partial charge in [0.15, 0.2) is 11.8 Å². The lowest BCUT2D eigenvalue weighted by molar-refractivity contribution is -0.145. The van der Waals surface area contributed by atoms with E-state index in [1.807, 2.05) is 0 Å². The SMILES string of the molecule is O=C(O)[C@H](Cc1ccc(-n2c(C(F)(F)F)nc3cnccc32)cc1)N=C1C(Br)C(=O)C12CCCCC2. The minimum absolute atomic E-state index is 0.0455. The number of aromatic nitrogens is 3. The molecule has 2 aliphatic rings. The third kappa shape index (κ3) is 4.12. The number of hydrogen-bond donors (Lipinski definition) is 1. The number of carbonyl (C=O) groups excluding carboxylic acids is 1. The zero-order valence-corrected chi connectivity index (χ0v) is 20.6. The van der Waals surface area contributed by atoms with E-state index in [4.69, 9.17) is 0 Å². The van der Waals surface area contributed by atoms with Gasteiger partial charge in [-0.05, 0) is 36.6 Å². The van der Waals surface area contributed by atoms with Crippen LogP contribution in [0.5, 0.6) is 0 Å². The highest BCUT2D eigenvalue weighted by Crippen LogP contribution is 2.49. The summed E-state index contributed by atoms with van der Waals surface area (Å²) in [5, 5.41) is 9.84. The van der Waals surface area contributed by atoms with Gasteiger partial charge in [-0.25, -0.2) is 9.78 Å². The van der Waals surface area contributed by atoms with Crippen LogP contribution in [0.3, 0.4) is 0 Å². The number of halogens is 4. The van der Waals surface area contributed by atoms with Crippen LogP contribution in [0.4, 0.5) is 13.2 Å². The second-order valence-electron chi connectivity index (χ2n) is 9.24. The Bertz CT molecular complexity index is 1360. The molecule has 11 heteroatoms. The minimum atomic E-state index is -4.68. The third-order valence-electron chi connectivity index (χ3n) is 7.05. The first-order valence-electron chi connectivity index (χ1n) is 11.6.